The Morgan fingerprint density at radius 2 is 1.65 bits per heavy atom. The molecule has 0 spiro atoms. The number of anilines is 1. The van der Waals surface area contributed by atoms with Gasteiger partial charge in [-0.3, -0.25) is 0 Å². The number of hydrogen-bond donors (Lipinski definition) is 1. The molecule has 0 fully saturated rings. The van der Waals surface area contributed by atoms with Crippen molar-refractivity contribution in [3.05, 3.63) is 29.8 Å². The standard InChI is InChI=1S/C11H14F3NO2/c1-16-10(17-2)7-15-9-5-3-8(4-6-9)11(12,13)14/h3-6,10,15H,7H2,1-2H3. The lowest BCUT2D eigenvalue weighted by Crippen LogP contribution is -2.23. The van der Waals surface area contributed by atoms with Crippen molar-refractivity contribution in [2.45, 2.75) is 12.5 Å². The van der Waals surface area contributed by atoms with E-state index in [-0.39, 0.29) is 0 Å². The van der Waals surface area contributed by atoms with E-state index in [1.54, 1.807) is 0 Å². The molecule has 0 radical (unpaired) electrons. The highest BCUT2D eigenvalue weighted by atomic mass is 19.4. The predicted molar refractivity (Wildman–Crippen MR) is 57.7 cm³/mol. The monoisotopic (exact) mass is 249 g/mol. The summed E-state index contributed by atoms with van der Waals surface area (Å²) in [6.07, 6.45) is -4.74. The lowest BCUT2D eigenvalue weighted by molar-refractivity contribution is -0.137. The van der Waals surface area contributed by atoms with Crippen molar-refractivity contribution in [1.29, 1.82) is 0 Å². The van der Waals surface area contributed by atoms with Crippen molar-refractivity contribution >= 4 is 5.69 Å². The minimum atomic E-state index is -4.31. The fraction of sp³-hybridized carbons (Fsp3) is 0.455. The summed E-state index contributed by atoms with van der Waals surface area (Å²) in [5.74, 6) is 0. The summed E-state index contributed by atoms with van der Waals surface area (Å²) in [5, 5.41) is 2.91. The van der Waals surface area contributed by atoms with Gasteiger partial charge < -0.3 is 14.8 Å². The molecular formula is C11H14F3NO2. The Labute approximate surface area is 97.5 Å². The first-order valence-electron chi connectivity index (χ1n) is 4.94. The number of methoxy groups -OCH3 is 2. The highest BCUT2D eigenvalue weighted by Crippen LogP contribution is 2.29. The van der Waals surface area contributed by atoms with Gasteiger partial charge in [0.05, 0.1) is 12.1 Å². The van der Waals surface area contributed by atoms with Crippen LogP contribution in [-0.4, -0.2) is 27.1 Å². The summed E-state index contributed by atoms with van der Waals surface area (Å²) in [7, 11) is 2.98. The largest absolute Gasteiger partial charge is 0.416 e. The number of ether oxygens (including phenoxy) is 2. The first kappa shape index (κ1) is 13.8. The maximum atomic E-state index is 12.3. The van der Waals surface area contributed by atoms with E-state index in [1.165, 1.54) is 26.4 Å². The molecule has 0 aliphatic rings. The molecule has 0 atom stereocenters. The van der Waals surface area contributed by atoms with E-state index in [4.69, 9.17) is 9.47 Å². The molecule has 3 nitrogen and oxygen atoms in total. The number of rotatable bonds is 5. The van der Waals surface area contributed by atoms with Gasteiger partial charge in [-0.1, -0.05) is 0 Å². The molecular weight excluding hydrogens is 235 g/mol. The van der Waals surface area contributed by atoms with E-state index >= 15 is 0 Å². The van der Waals surface area contributed by atoms with Crippen LogP contribution in [0, 0.1) is 0 Å². The zero-order chi connectivity index (χ0) is 12.9. The van der Waals surface area contributed by atoms with Crippen molar-refractivity contribution in [3.8, 4) is 0 Å². The average molecular weight is 249 g/mol. The molecule has 0 bridgehead atoms. The second-order valence-electron chi connectivity index (χ2n) is 3.36. The van der Waals surface area contributed by atoms with Gasteiger partial charge in [0.1, 0.15) is 0 Å². The van der Waals surface area contributed by atoms with E-state index in [1.807, 2.05) is 0 Å². The van der Waals surface area contributed by atoms with Gasteiger partial charge in [-0.25, -0.2) is 0 Å². The molecule has 0 aliphatic carbocycles. The van der Waals surface area contributed by atoms with Crippen LogP contribution in [0.25, 0.3) is 0 Å². The van der Waals surface area contributed by atoms with Crippen molar-refractivity contribution < 1.29 is 22.6 Å². The van der Waals surface area contributed by atoms with Crippen LogP contribution in [-0.2, 0) is 15.7 Å². The van der Waals surface area contributed by atoms with E-state index in [2.05, 4.69) is 5.32 Å². The highest BCUT2D eigenvalue weighted by Gasteiger charge is 2.29. The Hall–Kier alpha value is -1.27. The highest BCUT2D eigenvalue weighted by molar-refractivity contribution is 5.45. The molecule has 6 heteroatoms. The maximum Gasteiger partial charge on any atom is 0.416 e. The molecule has 0 aromatic heterocycles. The molecule has 1 aromatic rings. The minimum Gasteiger partial charge on any atom is -0.380 e. The van der Waals surface area contributed by atoms with Crippen molar-refractivity contribution in [2.24, 2.45) is 0 Å². The molecule has 0 aliphatic heterocycles. The van der Waals surface area contributed by atoms with Gasteiger partial charge in [0, 0.05) is 19.9 Å². The van der Waals surface area contributed by atoms with Crippen LogP contribution in [0.15, 0.2) is 24.3 Å². The maximum absolute atomic E-state index is 12.3. The van der Waals surface area contributed by atoms with Crippen molar-refractivity contribution in [3.63, 3.8) is 0 Å². The fourth-order valence-corrected chi connectivity index (χ4v) is 1.24. The number of benzene rings is 1. The summed E-state index contributed by atoms with van der Waals surface area (Å²) in [4.78, 5) is 0. The predicted octanol–water partition coefficient (Wildman–Crippen LogP) is 2.74. The Bertz CT molecular complexity index is 334. The Morgan fingerprint density at radius 3 is 2.06 bits per heavy atom. The number of hydrogen-bond acceptors (Lipinski definition) is 3. The van der Waals surface area contributed by atoms with Crippen LogP contribution in [0.1, 0.15) is 5.56 Å². The van der Waals surface area contributed by atoms with E-state index in [0.717, 1.165) is 12.1 Å². The summed E-state index contributed by atoms with van der Waals surface area (Å²) in [5.41, 5.74) is -0.0878. The molecule has 1 N–H and O–H groups in total. The Morgan fingerprint density at radius 1 is 1.12 bits per heavy atom. The van der Waals surface area contributed by atoms with Crippen LogP contribution >= 0.6 is 0 Å². The third-order valence-corrected chi connectivity index (χ3v) is 2.21. The van der Waals surface area contributed by atoms with Crippen LogP contribution < -0.4 is 5.32 Å². The summed E-state index contributed by atoms with van der Waals surface area (Å²) >= 11 is 0. The quantitative estimate of drug-likeness (QED) is 0.814. The van der Waals surface area contributed by atoms with Gasteiger partial charge in [-0.2, -0.15) is 13.2 Å². The second-order valence-corrected chi connectivity index (χ2v) is 3.36. The van der Waals surface area contributed by atoms with Gasteiger partial charge in [0.25, 0.3) is 0 Å². The van der Waals surface area contributed by atoms with Crippen molar-refractivity contribution in [2.75, 3.05) is 26.1 Å². The summed E-state index contributed by atoms with van der Waals surface area (Å²) < 4.78 is 46.7. The second kappa shape index (κ2) is 5.88. The van der Waals surface area contributed by atoms with Gasteiger partial charge in [-0.15, -0.1) is 0 Å². The van der Waals surface area contributed by atoms with Crippen LogP contribution in [0.2, 0.25) is 0 Å². The van der Waals surface area contributed by atoms with E-state index in [0.29, 0.717) is 12.2 Å². The normalized spacial score (nSPS) is 11.9. The molecule has 1 aromatic carbocycles. The minimum absolute atomic E-state index is 0.359. The molecule has 17 heavy (non-hydrogen) atoms. The number of halogens is 3. The number of alkyl halides is 3. The van der Waals surface area contributed by atoms with Crippen LogP contribution in [0.4, 0.5) is 18.9 Å². The number of nitrogens with one attached hydrogen (secondary N) is 1. The SMILES string of the molecule is COC(CNc1ccc(C(F)(F)F)cc1)OC. The lowest BCUT2D eigenvalue weighted by Gasteiger charge is -2.15. The molecule has 1 rings (SSSR count). The Kier molecular flexibility index (Phi) is 4.77. The fourth-order valence-electron chi connectivity index (χ4n) is 1.24. The zero-order valence-electron chi connectivity index (χ0n) is 9.54. The van der Waals surface area contributed by atoms with Gasteiger partial charge in [0.2, 0.25) is 0 Å². The topological polar surface area (TPSA) is 30.5 Å². The van der Waals surface area contributed by atoms with Gasteiger partial charge in [-0.05, 0) is 24.3 Å². The molecule has 0 heterocycles. The zero-order valence-corrected chi connectivity index (χ0v) is 9.54. The first-order valence-corrected chi connectivity index (χ1v) is 4.94. The third-order valence-electron chi connectivity index (χ3n) is 2.21. The molecule has 0 amide bonds. The summed E-state index contributed by atoms with van der Waals surface area (Å²) in [6.45, 7) is 0.359. The third kappa shape index (κ3) is 4.24. The molecule has 0 saturated heterocycles. The van der Waals surface area contributed by atoms with Gasteiger partial charge in [0.15, 0.2) is 6.29 Å². The smallest absolute Gasteiger partial charge is 0.380 e. The van der Waals surface area contributed by atoms with Crippen LogP contribution in [0.5, 0.6) is 0 Å². The van der Waals surface area contributed by atoms with E-state index < -0.39 is 18.0 Å². The average Bonchev–Trinajstić information content (AvgIpc) is 2.30. The van der Waals surface area contributed by atoms with Gasteiger partial charge >= 0.3 is 6.18 Å². The Balaban J connectivity index is 2.57. The lowest BCUT2D eigenvalue weighted by atomic mass is 10.2. The van der Waals surface area contributed by atoms with Crippen molar-refractivity contribution in [1.82, 2.24) is 0 Å². The molecule has 0 unspecified atom stereocenters. The first-order chi connectivity index (χ1) is 7.97. The molecule has 96 valence electrons. The van der Waals surface area contributed by atoms with Crippen LogP contribution in [0.3, 0.4) is 0 Å². The van der Waals surface area contributed by atoms with E-state index in [9.17, 15) is 13.2 Å². The summed E-state index contributed by atoms with van der Waals surface area (Å²) in [6, 6.07) is 4.78. The molecule has 0 saturated carbocycles.